The number of nitrogens with zero attached hydrogens (tertiary/aromatic N) is 1. The van der Waals surface area contributed by atoms with E-state index in [2.05, 4.69) is 5.32 Å². The molecule has 0 saturated heterocycles. The highest BCUT2D eigenvalue weighted by Gasteiger charge is 2.31. The van der Waals surface area contributed by atoms with Gasteiger partial charge in [0, 0.05) is 25.1 Å². The Morgan fingerprint density at radius 3 is 2.22 bits per heavy atom. The van der Waals surface area contributed by atoms with Gasteiger partial charge in [-0.1, -0.05) is 66.7 Å². The quantitative estimate of drug-likeness (QED) is 0.525. The Balaban J connectivity index is 1.89. The third kappa shape index (κ3) is 6.41. The first-order valence-corrected chi connectivity index (χ1v) is 10.6. The molecule has 0 heterocycles. The molecule has 0 spiro atoms. The molecule has 0 aliphatic rings. The Kier molecular flexibility index (Phi) is 8.37. The van der Waals surface area contributed by atoms with Gasteiger partial charge in [-0.25, -0.2) is 4.39 Å². The fourth-order valence-corrected chi connectivity index (χ4v) is 3.40. The van der Waals surface area contributed by atoms with Crippen LogP contribution in [0.2, 0.25) is 0 Å². The van der Waals surface area contributed by atoms with Gasteiger partial charge in [0.05, 0.1) is 0 Å². The van der Waals surface area contributed by atoms with Gasteiger partial charge in [0.15, 0.2) is 6.61 Å². The molecule has 0 aliphatic carbocycles. The number of hydrogen-bond donors (Lipinski definition) is 1. The van der Waals surface area contributed by atoms with Crippen molar-refractivity contribution in [2.24, 2.45) is 0 Å². The van der Waals surface area contributed by atoms with E-state index < -0.39 is 17.8 Å². The lowest BCUT2D eigenvalue weighted by Gasteiger charge is -2.31. The van der Waals surface area contributed by atoms with Crippen LogP contribution in [0.5, 0.6) is 5.75 Å². The molecule has 5 nitrogen and oxygen atoms in total. The van der Waals surface area contributed by atoms with Gasteiger partial charge in [-0.3, -0.25) is 9.59 Å². The van der Waals surface area contributed by atoms with Crippen molar-refractivity contribution < 1.29 is 18.7 Å². The molecule has 0 fully saturated rings. The normalized spacial score (nSPS) is 11.4. The number of rotatable bonds is 10. The minimum absolute atomic E-state index is 0.0434. The third-order valence-corrected chi connectivity index (χ3v) is 5.03. The summed E-state index contributed by atoms with van der Waals surface area (Å²) in [6.07, 6.45) is 0.304. The maximum atomic E-state index is 14.4. The molecule has 0 radical (unpaired) electrons. The van der Waals surface area contributed by atoms with Crippen LogP contribution in [0.25, 0.3) is 0 Å². The van der Waals surface area contributed by atoms with Gasteiger partial charge in [-0.2, -0.15) is 0 Å². The second kappa shape index (κ2) is 11.6. The molecule has 3 aromatic rings. The van der Waals surface area contributed by atoms with Crippen LogP contribution in [0.3, 0.4) is 0 Å². The lowest BCUT2D eigenvalue weighted by Crippen LogP contribution is -2.51. The molecule has 0 bridgehead atoms. The topological polar surface area (TPSA) is 58.6 Å². The van der Waals surface area contributed by atoms with Crippen molar-refractivity contribution in [2.45, 2.75) is 25.9 Å². The number of ether oxygens (including phenoxy) is 1. The lowest BCUT2D eigenvalue weighted by molar-refractivity contribution is -0.142. The predicted octanol–water partition coefficient (Wildman–Crippen LogP) is 3.98. The van der Waals surface area contributed by atoms with Crippen LogP contribution in [-0.2, 0) is 22.6 Å². The summed E-state index contributed by atoms with van der Waals surface area (Å²) in [6.45, 7) is 1.94. The van der Waals surface area contributed by atoms with E-state index in [0.29, 0.717) is 24.3 Å². The maximum Gasteiger partial charge on any atom is 0.261 e. The minimum Gasteiger partial charge on any atom is -0.484 e. The van der Waals surface area contributed by atoms with Crippen LogP contribution >= 0.6 is 0 Å². The van der Waals surface area contributed by atoms with Crippen LogP contribution in [0.15, 0.2) is 84.9 Å². The summed E-state index contributed by atoms with van der Waals surface area (Å²) in [5.41, 5.74) is 1.24. The summed E-state index contributed by atoms with van der Waals surface area (Å²) in [7, 11) is 0. The predicted molar refractivity (Wildman–Crippen MR) is 122 cm³/mol. The smallest absolute Gasteiger partial charge is 0.261 e. The summed E-state index contributed by atoms with van der Waals surface area (Å²) >= 11 is 0. The van der Waals surface area contributed by atoms with Gasteiger partial charge >= 0.3 is 0 Å². The third-order valence-electron chi connectivity index (χ3n) is 5.03. The van der Waals surface area contributed by atoms with Gasteiger partial charge < -0.3 is 15.0 Å². The largest absolute Gasteiger partial charge is 0.484 e. The number of benzene rings is 3. The second-order valence-corrected chi connectivity index (χ2v) is 7.31. The van der Waals surface area contributed by atoms with Crippen LogP contribution in [0.4, 0.5) is 4.39 Å². The first-order chi connectivity index (χ1) is 15.6. The fourth-order valence-electron chi connectivity index (χ4n) is 3.40. The zero-order chi connectivity index (χ0) is 22.8. The highest BCUT2D eigenvalue weighted by Crippen LogP contribution is 2.17. The Hall–Kier alpha value is -3.67. The van der Waals surface area contributed by atoms with Gasteiger partial charge in [0.1, 0.15) is 17.6 Å². The van der Waals surface area contributed by atoms with Crippen molar-refractivity contribution in [1.29, 1.82) is 0 Å². The lowest BCUT2D eigenvalue weighted by atomic mass is 10.0. The van der Waals surface area contributed by atoms with Crippen molar-refractivity contribution in [3.8, 4) is 5.75 Å². The Morgan fingerprint density at radius 1 is 0.938 bits per heavy atom. The van der Waals surface area contributed by atoms with Gasteiger partial charge in [0.25, 0.3) is 5.91 Å². The van der Waals surface area contributed by atoms with Crippen molar-refractivity contribution >= 4 is 11.8 Å². The van der Waals surface area contributed by atoms with E-state index in [-0.39, 0.29) is 19.1 Å². The summed E-state index contributed by atoms with van der Waals surface area (Å²) in [6, 6.07) is 23.9. The second-order valence-electron chi connectivity index (χ2n) is 7.31. The highest BCUT2D eigenvalue weighted by atomic mass is 19.1. The number of halogens is 1. The van der Waals surface area contributed by atoms with E-state index in [1.54, 1.807) is 30.3 Å². The van der Waals surface area contributed by atoms with Gasteiger partial charge in [-0.15, -0.1) is 0 Å². The highest BCUT2D eigenvalue weighted by molar-refractivity contribution is 5.88. The number of carbonyl (C=O) groups excluding carboxylic acids is 2. The van der Waals surface area contributed by atoms with E-state index >= 15 is 0 Å². The molecule has 0 aromatic heterocycles. The number of carbonyl (C=O) groups is 2. The first kappa shape index (κ1) is 23.0. The Labute approximate surface area is 187 Å². The first-order valence-electron chi connectivity index (χ1n) is 10.6. The SMILES string of the molecule is CCNC(=O)[C@@H](Cc1ccccc1)N(Cc1ccccc1F)C(=O)COc1ccccc1. The molecular weight excluding hydrogens is 407 g/mol. The minimum atomic E-state index is -0.816. The van der Waals surface area contributed by atoms with E-state index in [4.69, 9.17) is 4.74 Å². The Morgan fingerprint density at radius 2 is 1.56 bits per heavy atom. The average molecular weight is 435 g/mol. The Bertz CT molecular complexity index is 1010. The molecule has 6 heteroatoms. The van der Waals surface area contributed by atoms with Crippen molar-refractivity contribution in [2.75, 3.05) is 13.2 Å². The van der Waals surface area contributed by atoms with Gasteiger partial charge in [0.2, 0.25) is 5.91 Å². The summed E-state index contributed by atoms with van der Waals surface area (Å²) in [5.74, 6) is -0.571. The standard InChI is InChI=1S/C26H27FN2O3/c1-2-28-26(31)24(17-20-11-5-3-6-12-20)29(18-21-13-9-10-16-23(21)27)25(30)19-32-22-14-7-4-8-15-22/h3-16,24H,2,17-19H2,1H3,(H,28,31)/t24-/m1/s1. The molecule has 3 rings (SSSR count). The molecule has 0 unspecified atom stereocenters. The number of likely N-dealkylation sites (N-methyl/N-ethyl adjacent to an activating group) is 1. The number of para-hydroxylation sites is 1. The summed E-state index contributed by atoms with van der Waals surface area (Å²) < 4.78 is 20.1. The summed E-state index contributed by atoms with van der Waals surface area (Å²) in [4.78, 5) is 27.7. The molecule has 2 amide bonds. The maximum absolute atomic E-state index is 14.4. The van der Waals surface area contributed by atoms with Crippen LogP contribution in [0, 0.1) is 5.82 Å². The van der Waals surface area contributed by atoms with E-state index in [9.17, 15) is 14.0 Å². The molecule has 0 saturated carbocycles. The number of hydrogen-bond acceptors (Lipinski definition) is 3. The fraction of sp³-hybridized carbons (Fsp3) is 0.231. The van der Waals surface area contributed by atoms with Gasteiger partial charge in [-0.05, 0) is 30.7 Å². The van der Waals surface area contributed by atoms with Crippen molar-refractivity contribution in [1.82, 2.24) is 10.2 Å². The number of amides is 2. The summed E-state index contributed by atoms with van der Waals surface area (Å²) in [5, 5.41) is 2.81. The van der Waals surface area contributed by atoms with Crippen LogP contribution in [-0.4, -0.2) is 35.9 Å². The molecule has 1 atom stereocenters. The van der Waals surface area contributed by atoms with E-state index in [1.165, 1.54) is 11.0 Å². The average Bonchev–Trinajstić information content (AvgIpc) is 2.82. The van der Waals surface area contributed by atoms with Crippen LogP contribution < -0.4 is 10.1 Å². The number of nitrogens with one attached hydrogen (secondary N) is 1. The molecule has 3 aromatic carbocycles. The van der Waals surface area contributed by atoms with E-state index in [1.807, 2.05) is 55.5 Å². The molecular formula is C26H27FN2O3. The van der Waals surface area contributed by atoms with Crippen LogP contribution in [0.1, 0.15) is 18.1 Å². The van der Waals surface area contributed by atoms with Crippen molar-refractivity contribution in [3.63, 3.8) is 0 Å². The monoisotopic (exact) mass is 434 g/mol. The molecule has 166 valence electrons. The molecule has 32 heavy (non-hydrogen) atoms. The molecule has 0 aliphatic heterocycles. The zero-order valence-corrected chi connectivity index (χ0v) is 18.0. The zero-order valence-electron chi connectivity index (χ0n) is 18.0. The van der Waals surface area contributed by atoms with E-state index in [0.717, 1.165) is 5.56 Å². The van der Waals surface area contributed by atoms with Crippen molar-refractivity contribution in [3.05, 3.63) is 102 Å². The molecule has 1 N–H and O–H groups in total.